The zero-order valence-corrected chi connectivity index (χ0v) is 14.4. The van der Waals surface area contributed by atoms with E-state index in [1.807, 2.05) is 30.3 Å². The van der Waals surface area contributed by atoms with Gasteiger partial charge in [-0.25, -0.2) is 4.98 Å². The second-order valence-corrected chi connectivity index (χ2v) is 6.42. The van der Waals surface area contributed by atoms with E-state index in [4.69, 9.17) is 16.3 Å². The largest absolute Gasteiger partial charge is 0.473 e. The topological polar surface area (TPSA) is 34.2 Å². The highest BCUT2D eigenvalue weighted by atomic mass is 79.9. The molecule has 0 saturated heterocycles. The lowest BCUT2D eigenvalue weighted by molar-refractivity contribution is 0.289. The van der Waals surface area contributed by atoms with Crippen LogP contribution >= 0.6 is 27.5 Å². The Balaban J connectivity index is 2.06. The van der Waals surface area contributed by atoms with Gasteiger partial charge in [0.15, 0.2) is 0 Å². The Hall–Kier alpha value is -1.10. The number of nitrogens with zero attached hydrogens (tertiary/aromatic N) is 1. The minimum Gasteiger partial charge on any atom is -0.473 e. The van der Waals surface area contributed by atoms with Gasteiger partial charge in [-0.1, -0.05) is 37.6 Å². The highest BCUT2D eigenvalue weighted by Crippen LogP contribution is 2.21. The van der Waals surface area contributed by atoms with Crippen molar-refractivity contribution < 1.29 is 4.74 Å². The zero-order chi connectivity index (χ0) is 15.2. The maximum atomic E-state index is 5.88. The molecule has 2 rings (SSSR count). The standard InChI is InChI=1S/C16H18BrClN2O/c1-11(2)19-8-13-7-14(17)9-20-16(13)21-10-12-3-5-15(18)6-4-12/h3-7,9,11,19H,8,10H2,1-2H3. The quantitative estimate of drug-likeness (QED) is 0.809. The molecule has 1 heterocycles. The van der Waals surface area contributed by atoms with Gasteiger partial charge in [0.05, 0.1) is 0 Å². The van der Waals surface area contributed by atoms with Crippen molar-refractivity contribution in [2.75, 3.05) is 0 Å². The van der Waals surface area contributed by atoms with Crippen LogP contribution in [0.4, 0.5) is 0 Å². The van der Waals surface area contributed by atoms with E-state index in [-0.39, 0.29) is 0 Å². The molecule has 0 atom stereocenters. The summed E-state index contributed by atoms with van der Waals surface area (Å²) in [5, 5.41) is 4.10. The average molecular weight is 370 g/mol. The van der Waals surface area contributed by atoms with Crippen LogP contribution in [0.15, 0.2) is 41.0 Å². The Morgan fingerprint density at radius 2 is 2.00 bits per heavy atom. The van der Waals surface area contributed by atoms with Crippen LogP contribution in [0.2, 0.25) is 5.02 Å². The lowest BCUT2D eigenvalue weighted by Crippen LogP contribution is -2.22. The Bertz CT molecular complexity index is 587. The maximum Gasteiger partial charge on any atom is 0.218 e. The van der Waals surface area contributed by atoms with Gasteiger partial charge in [0, 0.05) is 33.8 Å². The van der Waals surface area contributed by atoms with E-state index < -0.39 is 0 Å². The molecular formula is C16H18BrClN2O. The first-order valence-electron chi connectivity index (χ1n) is 6.79. The van der Waals surface area contributed by atoms with Gasteiger partial charge >= 0.3 is 0 Å². The van der Waals surface area contributed by atoms with E-state index in [2.05, 4.69) is 40.1 Å². The Morgan fingerprint density at radius 3 is 2.67 bits per heavy atom. The molecule has 5 heteroatoms. The van der Waals surface area contributed by atoms with Gasteiger partial charge in [-0.15, -0.1) is 0 Å². The zero-order valence-electron chi connectivity index (χ0n) is 12.1. The number of benzene rings is 1. The molecule has 0 aliphatic heterocycles. The number of ether oxygens (including phenoxy) is 1. The molecule has 21 heavy (non-hydrogen) atoms. The van der Waals surface area contributed by atoms with Crippen molar-refractivity contribution in [3.05, 3.63) is 57.2 Å². The van der Waals surface area contributed by atoms with Crippen LogP contribution in [0.5, 0.6) is 5.88 Å². The molecule has 0 unspecified atom stereocenters. The minimum atomic E-state index is 0.410. The molecule has 3 nitrogen and oxygen atoms in total. The van der Waals surface area contributed by atoms with Gasteiger partial charge in [-0.3, -0.25) is 0 Å². The smallest absolute Gasteiger partial charge is 0.218 e. The predicted molar refractivity (Wildman–Crippen MR) is 89.7 cm³/mol. The summed E-state index contributed by atoms with van der Waals surface area (Å²) in [5.41, 5.74) is 2.10. The number of aromatic nitrogens is 1. The fraction of sp³-hybridized carbons (Fsp3) is 0.312. The molecule has 1 aromatic carbocycles. The van der Waals surface area contributed by atoms with Crippen LogP contribution in [0.25, 0.3) is 0 Å². The first kappa shape index (κ1) is 16.3. The van der Waals surface area contributed by atoms with Crippen molar-refractivity contribution in [1.82, 2.24) is 10.3 Å². The van der Waals surface area contributed by atoms with Gasteiger partial charge in [0.1, 0.15) is 6.61 Å². The summed E-state index contributed by atoms with van der Waals surface area (Å²) in [4.78, 5) is 4.35. The van der Waals surface area contributed by atoms with Crippen LogP contribution in [-0.2, 0) is 13.2 Å². The lowest BCUT2D eigenvalue weighted by Gasteiger charge is -2.13. The molecule has 0 aliphatic carbocycles. The first-order valence-corrected chi connectivity index (χ1v) is 7.96. The number of nitrogens with one attached hydrogen (secondary N) is 1. The SMILES string of the molecule is CC(C)NCc1cc(Br)cnc1OCc1ccc(Cl)cc1. The highest BCUT2D eigenvalue weighted by Gasteiger charge is 2.07. The minimum absolute atomic E-state index is 0.410. The van der Waals surface area contributed by atoms with Crippen LogP contribution in [0, 0.1) is 0 Å². The number of hydrogen-bond acceptors (Lipinski definition) is 3. The van der Waals surface area contributed by atoms with E-state index in [1.165, 1.54) is 0 Å². The van der Waals surface area contributed by atoms with E-state index >= 15 is 0 Å². The average Bonchev–Trinajstić information content (AvgIpc) is 2.45. The summed E-state index contributed by atoms with van der Waals surface area (Å²) in [6.07, 6.45) is 1.75. The van der Waals surface area contributed by atoms with Crippen molar-refractivity contribution in [2.45, 2.75) is 33.0 Å². The third-order valence-electron chi connectivity index (χ3n) is 2.88. The molecule has 0 radical (unpaired) electrons. The molecule has 0 fully saturated rings. The molecule has 112 valence electrons. The number of halogens is 2. The lowest BCUT2D eigenvalue weighted by atomic mass is 10.2. The van der Waals surface area contributed by atoms with Gasteiger partial charge in [0.25, 0.3) is 0 Å². The van der Waals surface area contributed by atoms with E-state index in [9.17, 15) is 0 Å². The van der Waals surface area contributed by atoms with Crippen molar-refractivity contribution in [3.63, 3.8) is 0 Å². The van der Waals surface area contributed by atoms with Crippen molar-refractivity contribution in [3.8, 4) is 5.88 Å². The van der Waals surface area contributed by atoms with Crippen molar-refractivity contribution >= 4 is 27.5 Å². The number of rotatable bonds is 6. The summed E-state index contributed by atoms with van der Waals surface area (Å²) < 4.78 is 6.78. The third kappa shape index (κ3) is 5.30. The van der Waals surface area contributed by atoms with E-state index in [0.29, 0.717) is 18.5 Å². The molecule has 0 aliphatic rings. The molecule has 1 aromatic heterocycles. The second kappa shape index (κ2) is 7.78. The predicted octanol–water partition coefficient (Wildman–Crippen LogP) is 4.57. The summed E-state index contributed by atoms with van der Waals surface area (Å²) in [5.74, 6) is 0.654. The van der Waals surface area contributed by atoms with Gasteiger partial charge in [-0.2, -0.15) is 0 Å². The number of hydrogen-bond donors (Lipinski definition) is 1. The van der Waals surface area contributed by atoms with Crippen molar-refractivity contribution in [2.24, 2.45) is 0 Å². The van der Waals surface area contributed by atoms with E-state index in [1.54, 1.807) is 6.20 Å². The Labute approximate surface area is 138 Å². The molecule has 0 spiro atoms. The summed E-state index contributed by atoms with van der Waals surface area (Å²) >= 11 is 9.32. The van der Waals surface area contributed by atoms with Gasteiger partial charge in [-0.05, 0) is 39.7 Å². The Morgan fingerprint density at radius 1 is 1.29 bits per heavy atom. The van der Waals surface area contributed by atoms with Crippen LogP contribution in [-0.4, -0.2) is 11.0 Å². The normalized spacial score (nSPS) is 10.9. The molecular weight excluding hydrogens is 352 g/mol. The second-order valence-electron chi connectivity index (χ2n) is 5.07. The summed E-state index contributed by atoms with van der Waals surface area (Å²) in [7, 11) is 0. The maximum absolute atomic E-state index is 5.88. The van der Waals surface area contributed by atoms with Gasteiger partial charge in [0.2, 0.25) is 5.88 Å². The van der Waals surface area contributed by atoms with Gasteiger partial charge < -0.3 is 10.1 Å². The monoisotopic (exact) mass is 368 g/mol. The summed E-state index contributed by atoms with van der Waals surface area (Å²) in [6.45, 7) is 5.42. The Kier molecular flexibility index (Phi) is 6.03. The van der Waals surface area contributed by atoms with Crippen LogP contribution in [0.1, 0.15) is 25.0 Å². The first-order chi connectivity index (χ1) is 10.0. The molecule has 0 saturated carbocycles. The third-order valence-corrected chi connectivity index (χ3v) is 3.57. The number of pyridine rings is 1. The summed E-state index contributed by atoms with van der Waals surface area (Å²) in [6, 6.07) is 10.1. The van der Waals surface area contributed by atoms with Crippen LogP contribution in [0.3, 0.4) is 0 Å². The van der Waals surface area contributed by atoms with E-state index in [0.717, 1.165) is 27.2 Å². The molecule has 2 aromatic rings. The molecule has 1 N–H and O–H groups in total. The fourth-order valence-electron chi connectivity index (χ4n) is 1.77. The van der Waals surface area contributed by atoms with Crippen LogP contribution < -0.4 is 10.1 Å². The highest BCUT2D eigenvalue weighted by molar-refractivity contribution is 9.10. The van der Waals surface area contributed by atoms with Crippen molar-refractivity contribution in [1.29, 1.82) is 0 Å². The molecule has 0 amide bonds. The fourth-order valence-corrected chi connectivity index (χ4v) is 2.28. The molecule has 0 bridgehead atoms.